The zero-order chi connectivity index (χ0) is 104. The van der Waals surface area contributed by atoms with Gasteiger partial charge in [-0.25, -0.2) is 0 Å². The maximum absolute atomic E-state index is 11.2. The molecule has 53 heteroatoms. The first kappa shape index (κ1) is 134. The molecule has 3 fully saturated rings. The summed E-state index contributed by atoms with van der Waals surface area (Å²) in [6, 6.07) is 5.10. The molecular weight excluding hydrogens is 1750 g/mol. The summed E-state index contributed by atoms with van der Waals surface area (Å²) in [7, 11) is 0. The molecule has 2 heterocycles. The van der Waals surface area contributed by atoms with Crippen molar-refractivity contribution in [3.8, 4) is 11.5 Å². The molecule has 5 rings (SSSR count). The van der Waals surface area contributed by atoms with Gasteiger partial charge in [0.2, 0.25) is 23.6 Å². The Morgan fingerprint density at radius 2 is 0.626 bits per heavy atom. The van der Waals surface area contributed by atoms with E-state index in [1.807, 2.05) is 0 Å². The number of esters is 2. The lowest BCUT2D eigenvalue weighted by molar-refractivity contribution is -0.159. The lowest BCUT2D eigenvalue weighted by Gasteiger charge is -2.20. The topological polar surface area (TPSA) is 1050 Å². The number of carboxylic acid groups (broad SMARTS) is 13. The number of carboxylic acids is 13. The average Bonchev–Trinajstić information content (AvgIpc) is 1.69. The molecule has 0 unspecified atom stereocenters. The lowest BCUT2D eigenvalue weighted by Crippen LogP contribution is -2.34. The van der Waals surface area contributed by atoms with Crippen LogP contribution in [0.1, 0.15) is 163 Å². The van der Waals surface area contributed by atoms with Crippen LogP contribution in [-0.2, 0) is 113 Å². The van der Waals surface area contributed by atoms with Gasteiger partial charge in [0, 0.05) is 39.0 Å². The van der Waals surface area contributed by atoms with Crippen LogP contribution in [0.3, 0.4) is 0 Å². The van der Waals surface area contributed by atoms with Crippen LogP contribution < -0.4 is 90.9 Å². The molecule has 2 aliphatic heterocycles. The number of ether oxygens (including phenoxy) is 2. The Hall–Kier alpha value is -12.6. The number of nitrogens with one attached hydrogen (secondary N) is 2. The highest BCUT2D eigenvalue weighted by Gasteiger charge is 2.29. The molecule has 14 atom stereocenters. The van der Waals surface area contributed by atoms with Crippen LogP contribution in [0.2, 0.25) is 0 Å². The quantitative estimate of drug-likeness (QED) is 0.0297. The monoisotopic (exact) mass is 1890 g/mol. The van der Waals surface area contributed by atoms with Gasteiger partial charge in [-0.05, 0) is 175 Å². The second-order valence-electron chi connectivity index (χ2n) is 30.4. The third-order valence-corrected chi connectivity index (χ3v) is 15.7. The first-order chi connectivity index (χ1) is 59.9. The van der Waals surface area contributed by atoms with Gasteiger partial charge in [0.1, 0.15) is 71.0 Å². The number of piperidine rings is 2. The molecule has 2 saturated heterocycles. The van der Waals surface area contributed by atoms with Gasteiger partial charge < -0.3 is 182 Å². The molecule has 0 aromatic heterocycles. The van der Waals surface area contributed by atoms with E-state index in [1.54, 1.807) is 65.8 Å². The molecule has 752 valence electrons. The highest BCUT2D eigenvalue weighted by Crippen LogP contribution is 2.25. The standard InChI is InChI=1S/2C9H17NO4.2C9H11NO3.2C6H11NO2.C6H10O3.2C5H10N2O3.2C4H8N2O3.2C3H7NO2/c2*1-9(2,3)14-7(11)4-6(5-10)8(12)13;2*10-8(9(12)13)5-6-1-3-7(11)4-2-6;2*8-6(9)5-2-1-3-7-4-5;7-5-2-1-4(3-5)6(8)9;2*6-3(5(9)10)1-2-4(7)8;2*5-2(4(8)9)1-3(6)7;2*1-2(4)3(5)6/h2*6H,4-5,10H2,1-3H3,(H,12,13);2*1-4,8,11H,5,10H2,(H,12,13);2*5,7H,1-4H2,(H,8,9);4-5,7H,1-3H2,(H,8,9);2*3H,1-2,6H2,(H2,7,8)(H,9,10);2*2H,1,5H2,(H2,6,7)(H,8,9);2*2H,4H2,1H3,(H,5,6)/t2*6-;2*8-;2*5-;4-,5-;2*3-;4*2-/m1010000101010/s1. The Kier molecular flexibility index (Phi) is 77.0. The summed E-state index contributed by atoms with van der Waals surface area (Å²) in [6.07, 6.45) is 4.84. The number of hydrogen-bond acceptors (Lipinski definition) is 36. The van der Waals surface area contributed by atoms with Crippen LogP contribution in [0.15, 0.2) is 48.5 Å². The third-order valence-electron chi connectivity index (χ3n) is 15.7. The molecule has 53 nitrogen and oxygen atoms in total. The maximum Gasteiger partial charge on any atom is 0.321 e. The number of carbonyl (C=O) groups excluding carboxylic acids is 6. The zero-order valence-corrected chi connectivity index (χ0v) is 74.3. The summed E-state index contributed by atoms with van der Waals surface area (Å²) in [5.41, 5.74) is 69.9. The number of aliphatic carboxylic acids is 13. The fourth-order valence-corrected chi connectivity index (χ4v) is 8.42. The predicted molar refractivity (Wildman–Crippen MR) is 463 cm³/mol. The Bertz CT molecular complexity index is 3520. The molecule has 2 aromatic rings. The lowest BCUT2D eigenvalue weighted by atomic mass is 10.0. The fraction of sp³-hybridized carbons (Fsp3) is 0.603. The van der Waals surface area contributed by atoms with Crippen LogP contribution in [0, 0.1) is 29.6 Å². The molecule has 131 heavy (non-hydrogen) atoms. The van der Waals surface area contributed by atoms with Gasteiger partial charge >= 0.3 is 89.5 Å². The summed E-state index contributed by atoms with van der Waals surface area (Å²) in [4.78, 5) is 194. The van der Waals surface area contributed by atoms with Crippen molar-refractivity contribution in [2.45, 2.75) is 230 Å². The summed E-state index contributed by atoms with van der Waals surface area (Å²) in [5, 5.41) is 141. The Labute approximate surface area is 753 Å². The van der Waals surface area contributed by atoms with Crippen LogP contribution in [-0.4, -0.2) is 300 Å². The number of carbonyl (C=O) groups is 19. The van der Waals surface area contributed by atoms with Crippen LogP contribution in [0.4, 0.5) is 0 Å². The first-order valence-corrected chi connectivity index (χ1v) is 39.6. The number of primary amides is 4. The predicted octanol–water partition coefficient (Wildman–Crippen LogP) is -5.47. The zero-order valence-electron chi connectivity index (χ0n) is 74.3. The van der Waals surface area contributed by atoms with Gasteiger partial charge in [-0.15, -0.1) is 0 Å². The molecule has 1 saturated carbocycles. The SMILES string of the molecule is CC(C)(C)OC(=O)C[C@@H](CN)C(=O)O.CC(C)(C)OC(=O)C[C@H](CN)C(=O)O.C[C@@H](N)C(=O)O.C[C@H](N)C(=O)O.NC(=O)CC[C@@H](N)C(=O)O.NC(=O)CC[C@H](N)C(=O)O.NC(=O)C[C@@H](N)C(=O)O.NC(=O)C[C@H](N)C(=O)O.N[C@@H](Cc1ccc(O)cc1)C(=O)O.N[C@H](Cc1ccc(O)cc1)C(=O)O.O=C(O)[C@H]1CCCNC1.O=C(O)[C@H]1CCCNC1.O=C(O)[C@H]1CC[C@H](O)C1. The van der Waals surface area contributed by atoms with Gasteiger partial charge in [0.25, 0.3) is 0 Å². The summed E-state index contributed by atoms with van der Waals surface area (Å²) in [5.74, 6) is -18.4. The van der Waals surface area contributed by atoms with Gasteiger partial charge in [-0.2, -0.15) is 0 Å². The van der Waals surface area contributed by atoms with Crippen molar-refractivity contribution in [3.63, 3.8) is 0 Å². The van der Waals surface area contributed by atoms with Crippen molar-refractivity contribution in [3.05, 3.63) is 59.7 Å². The minimum atomic E-state index is -1.21. The van der Waals surface area contributed by atoms with E-state index < -0.39 is 185 Å². The number of benzene rings is 2. The second-order valence-corrected chi connectivity index (χ2v) is 30.4. The van der Waals surface area contributed by atoms with Crippen molar-refractivity contribution in [2.75, 3.05) is 39.3 Å². The number of aliphatic hydroxyl groups is 1. The van der Waals surface area contributed by atoms with Crippen molar-refractivity contribution in [1.29, 1.82) is 0 Å². The van der Waals surface area contributed by atoms with Crippen molar-refractivity contribution in [1.82, 2.24) is 10.6 Å². The normalized spacial score (nSPS) is 16.4. The third kappa shape index (κ3) is 89.2. The number of rotatable bonds is 33. The van der Waals surface area contributed by atoms with E-state index in [0.717, 1.165) is 49.9 Å². The van der Waals surface area contributed by atoms with Crippen molar-refractivity contribution < 1.29 is 182 Å². The smallest absolute Gasteiger partial charge is 0.321 e. The number of phenols is 2. The average molecular weight is 1890 g/mol. The number of hydrogen-bond donors (Lipinski definition) is 32. The fourth-order valence-electron chi connectivity index (χ4n) is 8.42. The van der Waals surface area contributed by atoms with E-state index in [1.165, 1.54) is 38.1 Å². The van der Waals surface area contributed by atoms with Crippen LogP contribution >= 0.6 is 0 Å². The molecule has 0 bridgehead atoms. The van der Waals surface area contributed by atoms with E-state index in [4.69, 9.17) is 160 Å². The molecule has 46 N–H and O–H groups in total. The number of nitrogens with two attached hydrogens (primary N) is 14. The minimum Gasteiger partial charge on any atom is -0.508 e. The molecule has 3 aliphatic rings. The van der Waals surface area contributed by atoms with Crippen molar-refractivity contribution >= 4 is 113 Å². The Morgan fingerprint density at radius 1 is 0.366 bits per heavy atom. The highest BCUT2D eigenvalue weighted by molar-refractivity contribution is 5.85. The van der Waals surface area contributed by atoms with Crippen LogP contribution in [0.5, 0.6) is 11.5 Å². The summed E-state index contributed by atoms with van der Waals surface area (Å²) < 4.78 is 9.92. The van der Waals surface area contributed by atoms with E-state index in [0.29, 0.717) is 32.4 Å². The number of amides is 4. The molecular formula is C78H138N16O37. The van der Waals surface area contributed by atoms with E-state index in [-0.39, 0.29) is 113 Å². The Balaban J connectivity index is -0.000000210. The molecule has 0 radical (unpaired) electrons. The van der Waals surface area contributed by atoms with E-state index >= 15 is 0 Å². The van der Waals surface area contributed by atoms with E-state index in [2.05, 4.69) is 22.1 Å². The number of phenolic OH excluding ortho intramolecular Hbond substituents is 2. The Morgan fingerprint density at radius 3 is 0.771 bits per heavy atom. The molecule has 2 aromatic carbocycles. The van der Waals surface area contributed by atoms with Gasteiger partial charge in [-0.3, -0.25) is 91.1 Å². The van der Waals surface area contributed by atoms with Crippen LogP contribution in [0.25, 0.3) is 0 Å². The summed E-state index contributed by atoms with van der Waals surface area (Å²) in [6.45, 7) is 16.3. The van der Waals surface area contributed by atoms with E-state index in [9.17, 15) is 91.1 Å². The minimum absolute atomic E-state index is 0.0213. The number of aromatic hydroxyl groups is 2. The molecule has 4 amide bonds. The van der Waals surface area contributed by atoms with Gasteiger partial charge in [0.15, 0.2) is 0 Å². The highest BCUT2D eigenvalue weighted by atomic mass is 16.6. The second kappa shape index (κ2) is 75.3. The van der Waals surface area contributed by atoms with Gasteiger partial charge in [0.05, 0.1) is 61.4 Å². The molecule has 1 aliphatic carbocycles. The first-order valence-electron chi connectivity index (χ1n) is 39.6. The summed E-state index contributed by atoms with van der Waals surface area (Å²) >= 11 is 0. The maximum atomic E-state index is 11.2. The molecule has 0 spiro atoms. The van der Waals surface area contributed by atoms with Crippen molar-refractivity contribution in [2.24, 2.45) is 110 Å². The number of aliphatic hydroxyl groups excluding tert-OH is 1. The van der Waals surface area contributed by atoms with Gasteiger partial charge in [-0.1, -0.05) is 24.3 Å². The largest absolute Gasteiger partial charge is 0.508 e.